The molecule has 0 spiro atoms. The molecule has 128 valence electrons. The van der Waals surface area contributed by atoms with E-state index < -0.39 is 5.60 Å². The standard InChI is InChI=1S/C17H21FN4O2/c1-21(12-17(24)7-2-3-8-17)16(23)15-11-22(20-19-15)10-13-5-4-6-14(18)9-13/h4-6,9,11,24H,2-3,7-8,10,12H2,1H3. The van der Waals surface area contributed by atoms with Gasteiger partial charge in [0.25, 0.3) is 5.91 Å². The summed E-state index contributed by atoms with van der Waals surface area (Å²) in [6.07, 6.45) is 4.96. The summed E-state index contributed by atoms with van der Waals surface area (Å²) in [6.45, 7) is 0.633. The van der Waals surface area contributed by atoms with Crippen LogP contribution in [0.25, 0.3) is 0 Å². The zero-order valence-corrected chi connectivity index (χ0v) is 13.7. The van der Waals surface area contributed by atoms with E-state index in [1.165, 1.54) is 21.7 Å². The average Bonchev–Trinajstić information content (AvgIpc) is 3.16. The maximum atomic E-state index is 13.2. The van der Waals surface area contributed by atoms with Crippen molar-refractivity contribution in [2.45, 2.75) is 37.8 Å². The van der Waals surface area contributed by atoms with Crippen molar-refractivity contribution in [1.29, 1.82) is 0 Å². The molecule has 1 fully saturated rings. The highest BCUT2D eigenvalue weighted by molar-refractivity contribution is 5.91. The summed E-state index contributed by atoms with van der Waals surface area (Å²) in [4.78, 5) is 13.9. The number of aromatic nitrogens is 3. The minimum absolute atomic E-state index is 0.218. The lowest BCUT2D eigenvalue weighted by molar-refractivity contribution is 0.0155. The second kappa shape index (κ2) is 6.68. The molecule has 1 aromatic carbocycles. The van der Waals surface area contributed by atoms with Crippen molar-refractivity contribution < 1.29 is 14.3 Å². The Bertz CT molecular complexity index is 725. The van der Waals surface area contributed by atoms with E-state index >= 15 is 0 Å². The van der Waals surface area contributed by atoms with Crippen LogP contribution < -0.4 is 0 Å². The Kier molecular flexibility index (Phi) is 4.62. The third-order valence-electron chi connectivity index (χ3n) is 4.40. The van der Waals surface area contributed by atoms with E-state index in [0.29, 0.717) is 13.1 Å². The van der Waals surface area contributed by atoms with E-state index in [1.54, 1.807) is 25.4 Å². The summed E-state index contributed by atoms with van der Waals surface area (Å²) in [5.41, 5.74) is 0.171. The van der Waals surface area contributed by atoms with E-state index in [4.69, 9.17) is 0 Å². The van der Waals surface area contributed by atoms with Crippen molar-refractivity contribution in [1.82, 2.24) is 19.9 Å². The second-order valence-electron chi connectivity index (χ2n) is 6.52. The molecule has 3 rings (SSSR count). The first-order valence-electron chi connectivity index (χ1n) is 8.08. The van der Waals surface area contributed by atoms with Gasteiger partial charge in [0.05, 0.1) is 18.3 Å². The molecule has 7 heteroatoms. The lowest BCUT2D eigenvalue weighted by atomic mass is 10.0. The molecule has 0 radical (unpaired) electrons. The van der Waals surface area contributed by atoms with Crippen LogP contribution in [0.15, 0.2) is 30.5 Å². The highest BCUT2D eigenvalue weighted by atomic mass is 19.1. The van der Waals surface area contributed by atoms with Gasteiger partial charge in [-0.1, -0.05) is 30.2 Å². The van der Waals surface area contributed by atoms with Crippen molar-refractivity contribution in [3.8, 4) is 0 Å². The number of hydrogen-bond donors (Lipinski definition) is 1. The van der Waals surface area contributed by atoms with Crippen LogP contribution in [-0.4, -0.2) is 50.1 Å². The van der Waals surface area contributed by atoms with Gasteiger partial charge in [0.15, 0.2) is 5.69 Å². The number of rotatable bonds is 5. The summed E-state index contributed by atoms with van der Waals surface area (Å²) in [6, 6.07) is 6.21. The maximum absolute atomic E-state index is 13.2. The number of nitrogens with zero attached hydrogens (tertiary/aromatic N) is 4. The predicted molar refractivity (Wildman–Crippen MR) is 85.9 cm³/mol. The van der Waals surface area contributed by atoms with Gasteiger partial charge < -0.3 is 10.0 Å². The fourth-order valence-electron chi connectivity index (χ4n) is 3.20. The van der Waals surface area contributed by atoms with Crippen LogP contribution in [0, 0.1) is 5.82 Å². The lowest BCUT2D eigenvalue weighted by Crippen LogP contribution is -2.42. The third-order valence-corrected chi connectivity index (χ3v) is 4.40. The molecule has 1 aliphatic carbocycles. The molecule has 1 aromatic heterocycles. The first kappa shape index (κ1) is 16.6. The average molecular weight is 332 g/mol. The molecule has 1 aliphatic rings. The van der Waals surface area contributed by atoms with E-state index in [2.05, 4.69) is 10.3 Å². The minimum Gasteiger partial charge on any atom is -0.388 e. The Morgan fingerprint density at radius 1 is 1.42 bits per heavy atom. The number of likely N-dealkylation sites (N-methyl/N-ethyl adjacent to an activating group) is 1. The summed E-state index contributed by atoms with van der Waals surface area (Å²) in [7, 11) is 1.66. The number of amides is 1. The van der Waals surface area contributed by atoms with Crippen LogP contribution in [0.3, 0.4) is 0 Å². The fraction of sp³-hybridized carbons (Fsp3) is 0.471. The highest BCUT2D eigenvalue weighted by Gasteiger charge is 2.34. The molecule has 1 saturated carbocycles. The molecule has 2 aromatic rings. The van der Waals surface area contributed by atoms with E-state index in [-0.39, 0.29) is 17.4 Å². The number of benzene rings is 1. The third kappa shape index (κ3) is 3.79. The zero-order valence-electron chi connectivity index (χ0n) is 13.7. The summed E-state index contributed by atoms with van der Waals surface area (Å²) < 4.78 is 14.7. The van der Waals surface area contributed by atoms with Crippen molar-refractivity contribution in [2.24, 2.45) is 0 Å². The van der Waals surface area contributed by atoms with Gasteiger partial charge in [0.1, 0.15) is 5.82 Å². The first-order chi connectivity index (χ1) is 11.5. The number of carbonyl (C=O) groups is 1. The largest absolute Gasteiger partial charge is 0.388 e. The Balaban J connectivity index is 1.64. The van der Waals surface area contributed by atoms with Gasteiger partial charge in [-0.25, -0.2) is 9.07 Å². The first-order valence-corrected chi connectivity index (χ1v) is 8.08. The van der Waals surface area contributed by atoms with Crippen LogP contribution in [0.4, 0.5) is 4.39 Å². The molecule has 24 heavy (non-hydrogen) atoms. The summed E-state index contributed by atoms with van der Waals surface area (Å²) >= 11 is 0. The lowest BCUT2D eigenvalue weighted by Gasteiger charge is -2.28. The van der Waals surface area contributed by atoms with Crippen LogP contribution in [-0.2, 0) is 6.54 Å². The molecule has 0 unspecified atom stereocenters. The monoisotopic (exact) mass is 332 g/mol. The highest BCUT2D eigenvalue weighted by Crippen LogP contribution is 2.30. The van der Waals surface area contributed by atoms with E-state index in [9.17, 15) is 14.3 Å². The van der Waals surface area contributed by atoms with E-state index in [0.717, 1.165) is 31.2 Å². The van der Waals surface area contributed by atoms with Gasteiger partial charge in [-0.05, 0) is 30.5 Å². The van der Waals surface area contributed by atoms with Crippen molar-refractivity contribution >= 4 is 5.91 Å². The molecule has 0 bridgehead atoms. The Morgan fingerprint density at radius 2 is 2.17 bits per heavy atom. The zero-order chi connectivity index (χ0) is 17.2. The predicted octanol–water partition coefficient (Wildman–Crippen LogP) is 1.84. The van der Waals surface area contributed by atoms with Crippen molar-refractivity contribution in [3.05, 3.63) is 47.5 Å². The number of aliphatic hydroxyl groups is 1. The Morgan fingerprint density at radius 3 is 2.88 bits per heavy atom. The molecule has 0 saturated heterocycles. The van der Waals surface area contributed by atoms with Gasteiger partial charge in [-0.2, -0.15) is 0 Å². The molecule has 6 nitrogen and oxygen atoms in total. The number of halogens is 1. The maximum Gasteiger partial charge on any atom is 0.275 e. The molecule has 0 aliphatic heterocycles. The van der Waals surface area contributed by atoms with Gasteiger partial charge in [-0.3, -0.25) is 4.79 Å². The normalized spacial score (nSPS) is 16.3. The SMILES string of the molecule is CN(CC1(O)CCCC1)C(=O)c1cn(Cc2cccc(F)c2)nn1. The molecular weight excluding hydrogens is 311 g/mol. The van der Waals surface area contributed by atoms with Crippen LogP contribution in [0.1, 0.15) is 41.7 Å². The minimum atomic E-state index is -0.790. The quantitative estimate of drug-likeness (QED) is 0.907. The van der Waals surface area contributed by atoms with Crippen LogP contribution >= 0.6 is 0 Å². The summed E-state index contributed by atoms with van der Waals surface area (Å²) in [5, 5.41) is 18.2. The molecule has 1 heterocycles. The van der Waals surface area contributed by atoms with Gasteiger partial charge in [-0.15, -0.1) is 5.10 Å². The molecular formula is C17H21FN4O2. The topological polar surface area (TPSA) is 71.2 Å². The Labute approximate surface area is 139 Å². The fourth-order valence-corrected chi connectivity index (χ4v) is 3.20. The van der Waals surface area contributed by atoms with Gasteiger partial charge in [0, 0.05) is 13.6 Å². The molecule has 1 N–H and O–H groups in total. The molecule has 0 atom stereocenters. The summed E-state index contributed by atoms with van der Waals surface area (Å²) in [5.74, 6) is -0.589. The number of carbonyl (C=O) groups excluding carboxylic acids is 1. The van der Waals surface area contributed by atoms with Gasteiger partial charge >= 0.3 is 0 Å². The molecule has 1 amide bonds. The van der Waals surface area contributed by atoms with Crippen molar-refractivity contribution in [2.75, 3.05) is 13.6 Å². The van der Waals surface area contributed by atoms with Crippen LogP contribution in [0.5, 0.6) is 0 Å². The second-order valence-corrected chi connectivity index (χ2v) is 6.52. The Hall–Kier alpha value is -2.28. The smallest absolute Gasteiger partial charge is 0.275 e. The van der Waals surface area contributed by atoms with Crippen molar-refractivity contribution in [3.63, 3.8) is 0 Å². The van der Waals surface area contributed by atoms with Gasteiger partial charge in [0.2, 0.25) is 0 Å². The van der Waals surface area contributed by atoms with E-state index in [1.807, 2.05) is 0 Å². The van der Waals surface area contributed by atoms with Crippen LogP contribution in [0.2, 0.25) is 0 Å². The number of hydrogen-bond acceptors (Lipinski definition) is 4.